The zero-order valence-electron chi connectivity index (χ0n) is 12.7. The lowest BCUT2D eigenvalue weighted by Crippen LogP contribution is -2.29. The van der Waals surface area contributed by atoms with E-state index in [1.807, 2.05) is 0 Å². The summed E-state index contributed by atoms with van der Waals surface area (Å²) in [6.07, 6.45) is 0. The number of rotatable bonds is 4. The summed E-state index contributed by atoms with van der Waals surface area (Å²) >= 11 is 0. The van der Waals surface area contributed by atoms with E-state index in [9.17, 15) is 19.7 Å². The van der Waals surface area contributed by atoms with E-state index in [2.05, 4.69) is 5.32 Å². The fourth-order valence-corrected chi connectivity index (χ4v) is 2.81. The largest absolute Gasteiger partial charge is 0.433 e. The molecule has 2 rings (SSSR count). The Morgan fingerprint density at radius 2 is 1.64 bits per heavy atom. The standard InChI is InChI=1S/C15H16N2O5/c1-7-13(9(3)18)15(14(10(4)19)8(2)16-7)11-5-6-12(22-11)17(20)21/h5-6,15-16H,1-4H3. The first-order chi connectivity index (χ1) is 10.2. The van der Waals surface area contributed by atoms with E-state index >= 15 is 0 Å². The Morgan fingerprint density at radius 3 is 2.00 bits per heavy atom. The number of hydrogen-bond donors (Lipinski definition) is 1. The lowest BCUT2D eigenvalue weighted by molar-refractivity contribution is -0.402. The van der Waals surface area contributed by atoms with Gasteiger partial charge in [0.05, 0.1) is 12.0 Å². The molecule has 1 aromatic heterocycles. The quantitative estimate of drug-likeness (QED) is 0.677. The minimum absolute atomic E-state index is 0.210. The first kappa shape index (κ1) is 15.7. The van der Waals surface area contributed by atoms with Gasteiger partial charge in [-0.15, -0.1) is 0 Å². The number of carbonyl (C=O) groups is 2. The molecular weight excluding hydrogens is 288 g/mol. The minimum atomic E-state index is -0.732. The zero-order chi connectivity index (χ0) is 16.6. The fraction of sp³-hybridized carbons (Fsp3) is 0.333. The Morgan fingerprint density at radius 1 is 1.14 bits per heavy atom. The lowest BCUT2D eigenvalue weighted by Gasteiger charge is -2.28. The number of hydrogen-bond acceptors (Lipinski definition) is 6. The highest BCUT2D eigenvalue weighted by Crippen LogP contribution is 2.40. The van der Waals surface area contributed by atoms with E-state index in [4.69, 9.17) is 4.42 Å². The molecule has 2 heterocycles. The second-order valence-electron chi connectivity index (χ2n) is 5.18. The third kappa shape index (κ3) is 2.57. The minimum Gasteiger partial charge on any atom is -0.405 e. The van der Waals surface area contributed by atoms with Crippen molar-refractivity contribution in [3.05, 3.63) is 50.5 Å². The van der Waals surface area contributed by atoms with Crippen LogP contribution in [-0.2, 0) is 9.59 Å². The topological polar surface area (TPSA) is 102 Å². The van der Waals surface area contributed by atoms with E-state index in [1.54, 1.807) is 13.8 Å². The molecule has 0 amide bonds. The summed E-state index contributed by atoms with van der Waals surface area (Å²) in [5, 5.41) is 13.8. The maximum Gasteiger partial charge on any atom is 0.433 e. The van der Waals surface area contributed by atoms with Crippen LogP contribution in [0, 0.1) is 10.1 Å². The zero-order valence-corrected chi connectivity index (χ0v) is 12.7. The molecule has 1 N–H and O–H groups in total. The van der Waals surface area contributed by atoms with E-state index in [1.165, 1.54) is 26.0 Å². The number of ketones is 2. The molecule has 0 bridgehead atoms. The highest BCUT2D eigenvalue weighted by Gasteiger charge is 2.36. The maximum atomic E-state index is 12.0. The van der Waals surface area contributed by atoms with Crippen molar-refractivity contribution in [3.8, 4) is 0 Å². The van der Waals surface area contributed by atoms with E-state index in [0.717, 1.165) is 0 Å². The third-order valence-electron chi connectivity index (χ3n) is 3.60. The Labute approximate surface area is 126 Å². The summed E-state index contributed by atoms with van der Waals surface area (Å²) in [7, 11) is 0. The van der Waals surface area contributed by atoms with Crippen molar-refractivity contribution in [2.24, 2.45) is 0 Å². The van der Waals surface area contributed by atoms with Gasteiger partial charge in [-0.3, -0.25) is 19.7 Å². The van der Waals surface area contributed by atoms with Crippen LogP contribution in [0.2, 0.25) is 0 Å². The average Bonchev–Trinajstić information content (AvgIpc) is 2.85. The molecule has 0 saturated carbocycles. The number of allylic oxidation sites excluding steroid dienone is 4. The maximum absolute atomic E-state index is 12.0. The molecule has 0 aromatic carbocycles. The molecule has 22 heavy (non-hydrogen) atoms. The molecule has 0 aliphatic carbocycles. The van der Waals surface area contributed by atoms with Crippen molar-refractivity contribution >= 4 is 17.5 Å². The monoisotopic (exact) mass is 304 g/mol. The lowest BCUT2D eigenvalue weighted by atomic mass is 9.80. The van der Waals surface area contributed by atoms with Crippen LogP contribution in [0.1, 0.15) is 39.4 Å². The summed E-state index contributed by atoms with van der Waals surface area (Å²) < 4.78 is 5.24. The summed E-state index contributed by atoms with van der Waals surface area (Å²) in [4.78, 5) is 34.1. The Kier molecular flexibility index (Phi) is 3.99. The SMILES string of the molecule is CC(=O)C1=C(C)NC(C)=C(C(C)=O)C1c1ccc([N+](=O)[O-])o1. The Hall–Kier alpha value is -2.70. The van der Waals surface area contributed by atoms with Gasteiger partial charge in [-0.2, -0.15) is 0 Å². The van der Waals surface area contributed by atoms with Gasteiger partial charge in [0.2, 0.25) is 0 Å². The first-order valence-corrected chi connectivity index (χ1v) is 6.68. The van der Waals surface area contributed by atoms with Crippen LogP contribution in [0.15, 0.2) is 39.1 Å². The van der Waals surface area contributed by atoms with Gasteiger partial charge in [-0.05, 0) is 33.8 Å². The summed E-state index contributed by atoms with van der Waals surface area (Å²) in [6, 6.07) is 2.65. The molecule has 0 atom stereocenters. The van der Waals surface area contributed by atoms with Gasteiger partial charge >= 0.3 is 5.88 Å². The molecule has 0 unspecified atom stereocenters. The van der Waals surface area contributed by atoms with E-state index in [-0.39, 0.29) is 17.3 Å². The molecule has 7 nitrogen and oxygen atoms in total. The van der Waals surface area contributed by atoms with Crippen molar-refractivity contribution in [1.82, 2.24) is 5.32 Å². The van der Waals surface area contributed by atoms with Crippen LogP contribution in [0.3, 0.4) is 0 Å². The molecule has 1 aliphatic heterocycles. The fourth-order valence-electron chi connectivity index (χ4n) is 2.81. The van der Waals surface area contributed by atoms with Gasteiger partial charge in [-0.1, -0.05) is 0 Å². The number of furan rings is 1. The van der Waals surface area contributed by atoms with Gasteiger partial charge in [0, 0.05) is 22.5 Å². The number of nitrogens with one attached hydrogen (secondary N) is 1. The van der Waals surface area contributed by atoms with Gasteiger partial charge in [0.1, 0.15) is 10.7 Å². The number of carbonyl (C=O) groups excluding carboxylic acids is 2. The predicted molar refractivity (Wildman–Crippen MR) is 78.0 cm³/mol. The van der Waals surface area contributed by atoms with Gasteiger partial charge < -0.3 is 9.73 Å². The van der Waals surface area contributed by atoms with Crippen molar-refractivity contribution in [2.75, 3.05) is 0 Å². The van der Waals surface area contributed by atoms with E-state index in [0.29, 0.717) is 22.5 Å². The van der Waals surface area contributed by atoms with Crippen LogP contribution in [0.4, 0.5) is 5.88 Å². The molecule has 0 saturated heterocycles. The average molecular weight is 304 g/mol. The highest BCUT2D eigenvalue weighted by atomic mass is 16.6. The van der Waals surface area contributed by atoms with Gasteiger partial charge in [0.15, 0.2) is 11.6 Å². The number of nitrogens with zero attached hydrogens (tertiary/aromatic N) is 1. The predicted octanol–water partition coefficient (Wildman–Crippen LogP) is 2.60. The summed E-state index contributed by atoms with van der Waals surface area (Å²) in [5.74, 6) is -1.39. The normalized spacial score (nSPS) is 15.8. The number of nitro groups is 1. The van der Waals surface area contributed by atoms with Crippen molar-refractivity contribution in [1.29, 1.82) is 0 Å². The van der Waals surface area contributed by atoms with Gasteiger partial charge in [-0.25, -0.2) is 0 Å². The highest BCUT2D eigenvalue weighted by molar-refractivity contribution is 6.03. The van der Waals surface area contributed by atoms with Crippen LogP contribution >= 0.6 is 0 Å². The molecule has 7 heteroatoms. The second kappa shape index (κ2) is 5.59. The molecular formula is C15H16N2O5. The molecule has 0 radical (unpaired) electrons. The van der Waals surface area contributed by atoms with E-state index < -0.39 is 16.7 Å². The van der Waals surface area contributed by atoms with Crippen LogP contribution in [-0.4, -0.2) is 16.5 Å². The third-order valence-corrected chi connectivity index (χ3v) is 3.60. The Bertz CT molecular complexity index is 703. The second-order valence-corrected chi connectivity index (χ2v) is 5.18. The molecule has 0 fully saturated rings. The van der Waals surface area contributed by atoms with Crippen LogP contribution in [0.25, 0.3) is 0 Å². The number of Topliss-reactive ketones (excluding diaryl/α,β-unsaturated/α-hetero) is 2. The van der Waals surface area contributed by atoms with Crippen molar-refractivity contribution in [2.45, 2.75) is 33.6 Å². The number of dihydropyridines is 1. The van der Waals surface area contributed by atoms with Crippen molar-refractivity contribution in [3.63, 3.8) is 0 Å². The molecule has 0 spiro atoms. The molecule has 1 aliphatic rings. The summed E-state index contributed by atoms with van der Waals surface area (Å²) in [6.45, 7) is 6.23. The molecule has 116 valence electrons. The first-order valence-electron chi connectivity index (χ1n) is 6.68. The summed E-state index contributed by atoms with van der Waals surface area (Å²) in [5.41, 5.74) is 1.97. The van der Waals surface area contributed by atoms with Crippen LogP contribution < -0.4 is 5.32 Å². The molecule has 1 aromatic rings. The smallest absolute Gasteiger partial charge is 0.405 e. The van der Waals surface area contributed by atoms with Crippen molar-refractivity contribution < 1.29 is 18.9 Å². The van der Waals surface area contributed by atoms with Gasteiger partial charge in [0.25, 0.3) is 0 Å². The Balaban J connectivity index is 2.66. The van der Waals surface area contributed by atoms with Crippen LogP contribution in [0.5, 0.6) is 0 Å².